The summed E-state index contributed by atoms with van der Waals surface area (Å²) in [7, 11) is 0. The van der Waals surface area contributed by atoms with Crippen molar-refractivity contribution in [3.8, 4) is 0 Å². The molecule has 1 saturated heterocycles. The molecular weight excluding hydrogens is 224 g/mol. The Kier molecular flexibility index (Phi) is 6.44. The van der Waals surface area contributed by atoms with Gasteiger partial charge in [0.05, 0.1) is 0 Å². The van der Waals surface area contributed by atoms with Gasteiger partial charge in [-0.15, -0.1) is 0 Å². The molecule has 1 N–H and O–H groups in total. The van der Waals surface area contributed by atoms with Crippen LogP contribution in [0.2, 0.25) is 0 Å². The molecule has 3 heteroatoms. The Bertz CT molecular complexity index is 351. The van der Waals surface area contributed by atoms with Crippen molar-refractivity contribution in [2.24, 2.45) is 0 Å². The van der Waals surface area contributed by atoms with E-state index >= 15 is 0 Å². The molecule has 0 spiro atoms. The molecule has 1 heterocycles. The molecule has 0 aliphatic carbocycles. The molecule has 0 aromatic heterocycles. The van der Waals surface area contributed by atoms with Gasteiger partial charge < -0.3 is 5.32 Å². The highest BCUT2D eigenvalue weighted by atomic mass is 16.1. The highest BCUT2D eigenvalue weighted by Crippen LogP contribution is 2.13. The van der Waals surface area contributed by atoms with Crippen LogP contribution in [0.4, 0.5) is 0 Å². The molecule has 0 bridgehead atoms. The summed E-state index contributed by atoms with van der Waals surface area (Å²) < 4.78 is 0. The van der Waals surface area contributed by atoms with E-state index in [-0.39, 0.29) is 5.91 Å². The van der Waals surface area contributed by atoms with Crippen molar-refractivity contribution in [1.82, 2.24) is 10.2 Å². The number of carbonyl (C=O) groups is 1. The second-order valence-electron chi connectivity index (χ2n) is 4.41. The van der Waals surface area contributed by atoms with Crippen LogP contribution in [-0.4, -0.2) is 29.9 Å². The number of nitrogens with zero attached hydrogens (tertiary/aromatic N) is 1. The molecule has 1 aliphatic rings. The monoisotopic (exact) mass is 248 g/mol. The number of amides is 1. The van der Waals surface area contributed by atoms with E-state index in [1.165, 1.54) is 5.56 Å². The van der Waals surface area contributed by atoms with Gasteiger partial charge in [-0.3, -0.25) is 9.69 Å². The summed E-state index contributed by atoms with van der Waals surface area (Å²) in [5, 5.41) is 2.98. The first-order chi connectivity index (χ1) is 8.74. The zero-order valence-corrected chi connectivity index (χ0v) is 11.6. The Morgan fingerprint density at radius 3 is 2.61 bits per heavy atom. The van der Waals surface area contributed by atoms with Crippen LogP contribution in [0.3, 0.4) is 0 Å². The minimum atomic E-state index is 0.0755. The molecule has 0 radical (unpaired) electrons. The van der Waals surface area contributed by atoms with Crippen LogP contribution >= 0.6 is 0 Å². The van der Waals surface area contributed by atoms with Gasteiger partial charge in [-0.05, 0) is 12.0 Å². The average molecular weight is 248 g/mol. The van der Waals surface area contributed by atoms with Gasteiger partial charge in [0.25, 0.3) is 0 Å². The lowest BCUT2D eigenvalue weighted by Crippen LogP contribution is -2.35. The third-order valence-electron chi connectivity index (χ3n) is 2.93. The summed E-state index contributed by atoms with van der Waals surface area (Å²) in [4.78, 5) is 13.3. The van der Waals surface area contributed by atoms with Gasteiger partial charge in [0.1, 0.15) is 0 Å². The maximum absolute atomic E-state index is 10.9. The van der Waals surface area contributed by atoms with E-state index in [9.17, 15) is 4.79 Å². The Balaban J connectivity index is 0.000000771. The summed E-state index contributed by atoms with van der Waals surface area (Å²) in [5.41, 5.74) is 1.34. The van der Waals surface area contributed by atoms with Crippen LogP contribution in [0.25, 0.3) is 0 Å². The van der Waals surface area contributed by atoms with Crippen LogP contribution in [-0.2, 0) is 11.3 Å². The Morgan fingerprint density at radius 1 is 1.33 bits per heavy atom. The molecule has 3 nitrogen and oxygen atoms in total. The molecule has 1 atom stereocenters. The predicted molar refractivity (Wildman–Crippen MR) is 75.3 cm³/mol. The summed E-state index contributed by atoms with van der Waals surface area (Å²) in [6.45, 7) is 8.60. The van der Waals surface area contributed by atoms with E-state index < -0.39 is 0 Å². The second kappa shape index (κ2) is 7.88. The van der Waals surface area contributed by atoms with Crippen LogP contribution in [0.5, 0.6) is 0 Å². The molecule has 18 heavy (non-hydrogen) atoms. The predicted octanol–water partition coefficient (Wildman–Crippen LogP) is 2.42. The maximum Gasteiger partial charge on any atom is 0.217 e. The number of nitrogens with one attached hydrogen (secondary N) is 1. The summed E-state index contributed by atoms with van der Waals surface area (Å²) in [6.07, 6.45) is 1.06. The van der Waals surface area contributed by atoms with E-state index in [1.807, 2.05) is 19.9 Å². The van der Waals surface area contributed by atoms with Crippen LogP contribution in [0.15, 0.2) is 30.3 Å². The molecular formula is C15H24N2O. The van der Waals surface area contributed by atoms with Gasteiger partial charge in [0, 0.05) is 32.6 Å². The zero-order valence-electron chi connectivity index (χ0n) is 11.6. The topological polar surface area (TPSA) is 32.3 Å². The lowest BCUT2D eigenvalue weighted by atomic mass is 10.2. The van der Waals surface area contributed by atoms with E-state index in [0.29, 0.717) is 6.04 Å². The SMILES string of the molecule is CC.CC(=O)NC1CCN(Cc2ccccc2)C1. The zero-order chi connectivity index (χ0) is 13.4. The first-order valence-electron chi connectivity index (χ1n) is 6.77. The van der Waals surface area contributed by atoms with Crippen molar-refractivity contribution in [2.75, 3.05) is 13.1 Å². The molecule has 1 aliphatic heterocycles. The van der Waals surface area contributed by atoms with E-state index in [2.05, 4.69) is 34.5 Å². The summed E-state index contributed by atoms with van der Waals surface area (Å²) in [6, 6.07) is 10.8. The molecule has 2 rings (SSSR count). The van der Waals surface area contributed by atoms with Crippen molar-refractivity contribution >= 4 is 5.91 Å². The van der Waals surface area contributed by atoms with Crippen LogP contribution in [0.1, 0.15) is 32.8 Å². The molecule has 1 aromatic carbocycles. The Morgan fingerprint density at radius 2 is 2.00 bits per heavy atom. The van der Waals surface area contributed by atoms with Crippen molar-refractivity contribution in [1.29, 1.82) is 0 Å². The number of carbonyl (C=O) groups excluding carboxylic acids is 1. The highest BCUT2D eigenvalue weighted by molar-refractivity contribution is 5.73. The third kappa shape index (κ3) is 4.88. The first-order valence-corrected chi connectivity index (χ1v) is 6.77. The van der Waals surface area contributed by atoms with Gasteiger partial charge >= 0.3 is 0 Å². The lowest BCUT2D eigenvalue weighted by molar-refractivity contribution is -0.119. The fraction of sp³-hybridized carbons (Fsp3) is 0.533. The van der Waals surface area contributed by atoms with Gasteiger partial charge in [-0.25, -0.2) is 0 Å². The van der Waals surface area contributed by atoms with Gasteiger partial charge in [-0.1, -0.05) is 44.2 Å². The summed E-state index contributed by atoms with van der Waals surface area (Å²) >= 11 is 0. The van der Waals surface area contributed by atoms with Crippen LogP contribution in [0, 0.1) is 0 Å². The number of rotatable bonds is 3. The van der Waals surface area contributed by atoms with E-state index in [0.717, 1.165) is 26.1 Å². The number of benzene rings is 1. The van der Waals surface area contributed by atoms with E-state index in [4.69, 9.17) is 0 Å². The maximum atomic E-state index is 10.9. The van der Waals surface area contributed by atoms with E-state index in [1.54, 1.807) is 6.92 Å². The van der Waals surface area contributed by atoms with Crippen molar-refractivity contribution in [2.45, 2.75) is 39.8 Å². The molecule has 1 fully saturated rings. The van der Waals surface area contributed by atoms with Crippen molar-refractivity contribution in [3.63, 3.8) is 0 Å². The van der Waals surface area contributed by atoms with Crippen molar-refractivity contribution in [3.05, 3.63) is 35.9 Å². The van der Waals surface area contributed by atoms with Gasteiger partial charge in [-0.2, -0.15) is 0 Å². The fourth-order valence-corrected chi connectivity index (χ4v) is 2.22. The summed E-state index contributed by atoms with van der Waals surface area (Å²) in [5.74, 6) is 0.0755. The highest BCUT2D eigenvalue weighted by Gasteiger charge is 2.22. The number of likely N-dealkylation sites (tertiary alicyclic amines) is 1. The molecule has 1 aromatic rings. The quantitative estimate of drug-likeness (QED) is 0.891. The largest absolute Gasteiger partial charge is 0.352 e. The number of hydrogen-bond donors (Lipinski definition) is 1. The molecule has 1 amide bonds. The second-order valence-corrected chi connectivity index (χ2v) is 4.41. The normalized spacial score (nSPS) is 18.9. The van der Waals surface area contributed by atoms with Gasteiger partial charge in [0.2, 0.25) is 5.91 Å². The molecule has 100 valence electrons. The molecule has 0 saturated carbocycles. The van der Waals surface area contributed by atoms with Crippen molar-refractivity contribution < 1.29 is 4.79 Å². The average Bonchev–Trinajstić information content (AvgIpc) is 2.79. The Hall–Kier alpha value is -1.35. The fourth-order valence-electron chi connectivity index (χ4n) is 2.22. The lowest BCUT2D eigenvalue weighted by Gasteiger charge is -2.16. The Labute approximate surface area is 110 Å². The van der Waals surface area contributed by atoms with Crippen LogP contribution < -0.4 is 5.32 Å². The minimum absolute atomic E-state index is 0.0755. The first kappa shape index (κ1) is 14.7. The smallest absolute Gasteiger partial charge is 0.217 e. The van der Waals surface area contributed by atoms with Gasteiger partial charge in [0.15, 0.2) is 0 Å². The standard InChI is InChI=1S/C13H18N2O.C2H6/c1-11(16)14-13-7-8-15(10-13)9-12-5-3-2-4-6-12;1-2/h2-6,13H,7-10H2,1H3,(H,14,16);1-2H3. The molecule has 1 unspecified atom stereocenters. The number of hydrogen-bond acceptors (Lipinski definition) is 2. The third-order valence-corrected chi connectivity index (χ3v) is 2.93. The minimum Gasteiger partial charge on any atom is -0.352 e.